The molecule has 6 heteroatoms. The van der Waals surface area contributed by atoms with Crippen LogP contribution in [0.2, 0.25) is 4.34 Å². The minimum atomic E-state index is 0.0978. The summed E-state index contributed by atoms with van der Waals surface area (Å²) in [6.07, 6.45) is 1.39. The Kier molecular flexibility index (Phi) is 4.85. The fraction of sp³-hybridized carbons (Fsp3) is 0.308. The molecule has 0 saturated heterocycles. The van der Waals surface area contributed by atoms with Gasteiger partial charge in [-0.05, 0) is 24.6 Å². The van der Waals surface area contributed by atoms with Crippen molar-refractivity contribution < 1.29 is 4.79 Å². The van der Waals surface area contributed by atoms with Crippen molar-refractivity contribution in [2.75, 3.05) is 17.6 Å². The Bertz CT molecular complexity index is 577. The number of anilines is 2. The van der Waals surface area contributed by atoms with Crippen molar-refractivity contribution in [3.8, 4) is 0 Å². The third kappa shape index (κ3) is 3.72. The molecule has 0 aliphatic heterocycles. The quantitative estimate of drug-likeness (QED) is 0.782. The molecule has 2 aromatic rings. The van der Waals surface area contributed by atoms with Crippen molar-refractivity contribution in [3.63, 3.8) is 0 Å². The molecule has 3 N–H and O–H groups in total. The molecule has 19 heavy (non-hydrogen) atoms. The Morgan fingerprint density at radius 1 is 1.42 bits per heavy atom. The van der Waals surface area contributed by atoms with E-state index in [4.69, 9.17) is 17.3 Å². The molecule has 0 amide bonds. The third-order valence-electron chi connectivity index (χ3n) is 2.63. The lowest BCUT2D eigenvalue weighted by Gasteiger charge is -2.01. The number of carbonyl (C=O) groups is 1. The van der Waals surface area contributed by atoms with Crippen LogP contribution in [0, 0.1) is 0 Å². The van der Waals surface area contributed by atoms with E-state index in [1.807, 2.05) is 25.1 Å². The number of nitrogens with two attached hydrogens (primary N) is 1. The number of halogens is 1. The van der Waals surface area contributed by atoms with Gasteiger partial charge in [0.15, 0.2) is 5.78 Å². The van der Waals surface area contributed by atoms with E-state index in [-0.39, 0.29) is 5.78 Å². The second-order valence-corrected chi connectivity index (χ2v) is 6.91. The molecule has 0 spiro atoms. The molecule has 2 aromatic heterocycles. The monoisotopic (exact) mass is 314 g/mol. The maximum absolute atomic E-state index is 11.6. The fourth-order valence-electron chi connectivity index (χ4n) is 1.67. The summed E-state index contributed by atoms with van der Waals surface area (Å²) in [5.41, 5.74) is 6.41. The zero-order chi connectivity index (χ0) is 13.8. The van der Waals surface area contributed by atoms with Crippen molar-refractivity contribution in [3.05, 3.63) is 32.3 Å². The summed E-state index contributed by atoms with van der Waals surface area (Å²) >= 11 is 8.89. The second kappa shape index (κ2) is 6.41. The van der Waals surface area contributed by atoms with Gasteiger partial charge in [-0.3, -0.25) is 4.79 Å². The number of hydrogen-bond acceptors (Lipinski definition) is 5. The molecule has 0 atom stereocenters. The largest absolute Gasteiger partial charge is 0.397 e. The van der Waals surface area contributed by atoms with Gasteiger partial charge in [0.25, 0.3) is 0 Å². The number of rotatable bonds is 6. The smallest absolute Gasteiger partial charge is 0.174 e. The minimum absolute atomic E-state index is 0.0978. The molecule has 102 valence electrons. The van der Waals surface area contributed by atoms with Crippen LogP contribution in [0.5, 0.6) is 0 Å². The standard InChI is InChI=1S/C13H15ClN2OS2/c1-2-10(17)13-9(15)7-12(19-13)16-6-5-8-3-4-11(14)18-8/h3-4,7,16H,2,5-6,15H2,1H3. The van der Waals surface area contributed by atoms with Gasteiger partial charge in [0.2, 0.25) is 0 Å². The van der Waals surface area contributed by atoms with E-state index in [2.05, 4.69) is 5.32 Å². The van der Waals surface area contributed by atoms with E-state index in [0.29, 0.717) is 17.0 Å². The van der Waals surface area contributed by atoms with E-state index in [1.165, 1.54) is 16.2 Å². The number of nitrogens with one attached hydrogen (secondary N) is 1. The van der Waals surface area contributed by atoms with E-state index in [0.717, 1.165) is 22.3 Å². The van der Waals surface area contributed by atoms with Crippen molar-refractivity contribution in [1.29, 1.82) is 0 Å². The highest BCUT2D eigenvalue weighted by atomic mass is 35.5. The summed E-state index contributed by atoms with van der Waals surface area (Å²) in [7, 11) is 0. The molecule has 0 aliphatic carbocycles. The lowest BCUT2D eigenvalue weighted by atomic mass is 10.2. The molecular formula is C13H15ClN2OS2. The van der Waals surface area contributed by atoms with Gasteiger partial charge in [0.1, 0.15) is 0 Å². The van der Waals surface area contributed by atoms with Crippen molar-refractivity contribution >= 4 is 50.7 Å². The SMILES string of the molecule is CCC(=O)c1sc(NCCc2ccc(Cl)s2)cc1N. The molecule has 2 heterocycles. The van der Waals surface area contributed by atoms with Crippen LogP contribution in [-0.2, 0) is 6.42 Å². The fourth-order valence-corrected chi connectivity index (χ4v) is 3.77. The molecule has 0 aromatic carbocycles. The first kappa shape index (κ1) is 14.4. The number of carbonyl (C=O) groups excluding carboxylic acids is 1. The highest BCUT2D eigenvalue weighted by Gasteiger charge is 2.12. The van der Waals surface area contributed by atoms with Crippen molar-refractivity contribution in [2.45, 2.75) is 19.8 Å². The van der Waals surface area contributed by atoms with Crippen LogP contribution in [0.1, 0.15) is 27.9 Å². The number of hydrogen-bond donors (Lipinski definition) is 2. The summed E-state index contributed by atoms with van der Waals surface area (Å²) in [5.74, 6) is 0.0978. The van der Waals surface area contributed by atoms with Crippen LogP contribution in [-0.4, -0.2) is 12.3 Å². The summed E-state index contributed by atoms with van der Waals surface area (Å²) in [6, 6.07) is 5.77. The van der Waals surface area contributed by atoms with E-state index in [9.17, 15) is 4.79 Å². The lowest BCUT2D eigenvalue weighted by molar-refractivity contribution is 0.0993. The molecule has 0 radical (unpaired) electrons. The maximum atomic E-state index is 11.6. The molecule has 0 bridgehead atoms. The van der Waals surface area contributed by atoms with Crippen molar-refractivity contribution in [1.82, 2.24) is 0 Å². The van der Waals surface area contributed by atoms with Crippen LogP contribution >= 0.6 is 34.3 Å². The number of ketones is 1. The maximum Gasteiger partial charge on any atom is 0.174 e. The second-order valence-electron chi connectivity index (χ2n) is 4.05. The van der Waals surface area contributed by atoms with Gasteiger partial charge >= 0.3 is 0 Å². The minimum Gasteiger partial charge on any atom is -0.397 e. The average molecular weight is 315 g/mol. The molecule has 0 saturated carbocycles. The van der Waals surface area contributed by atoms with Crippen LogP contribution in [0.15, 0.2) is 18.2 Å². The highest BCUT2D eigenvalue weighted by molar-refractivity contribution is 7.18. The average Bonchev–Trinajstić information content (AvgIpc) is 2.95. The first-order valence-corrected chi connectivity index (χ1v) is 8.02. The first-order chi connectivity index (χ1) is 9.10. The predicted octanol–water partition coefficient (Wildman–Crippen LogP) is 4.29. The molecule has 2 rings (SSSR count). The van der Waals surface area contributed by atoms with Crippen LogP contribution in [0.25, 0.3) is 0 Å². The van der Waals surface area contributed by atoms with Gasteiger partial charge in [-0.15, -0.1) is 22.7 Å². The van der Waals surface area contributed by atoms with Gasteiger partial charge < -0.3 is 11.1 Å². The highest BCUT2D eigenvalue weighted by Crippen LogP contribution is 2.30. The molecule has 0 unspecified atom stereocenters. The topological polar surface area (TPSA) is 55.1 Å². The summed E-state index contributed by atoms with van der Waals surface area (Å²) < 4.78 is 0.811. The van der Waals surface area contributed by atoms with Gasteiger partial charge in [0.05, 0.1) is 19.9 Å². The van der Waals surface area contributed by atoms with Gasteiger partial charge in [-0.1, -0.05) is 18.5 Å². The lowest BCUT2D eigenvalue weighted by Crippen LogP contribution is -2.02. The van der Waals surface area contributed by atoms with Crippen molar-refractivity contribution in [2.24, 2.45) is 0 Å². The molecule has 3 nitrogen and oxygen atoms in total. The molecule has 0 aliphatic rings. The van der Waals surface area contributed by atoms with E-state index >= 15 is 0 Å². The van der Waals surface area contributed by atoms with E-state index in [1.54, 1.807) is 11.3 Å². The first-order valence-electron chi connectivity index (χ1n) is 6.00. The van der Waals surface area contributed by atoms with Crippen LogP contribution < -0.4 is 11.1 Å². The zero-order valence-electron chi connectivity index (χ0n) is 10.5. The summed E-state index contributed by atoms with van der Waals surface area (Å²) in [4.78, 5) is 13.5. The van der Waals surface area contributed by atoms with E-state index < -0.39 is 0 Å². The van der Waals surface area contributed by atoms with Gasteiger partial charge in [-0.2, -0.15) is 0 Å². The zero-order valence-corrected chi connectivity index (χ0v) is 12.9. The summed E-state index contributed by atoms with van der Waals surface area (Å²) in [6.45, 7) is 2.64. The Morgan fingerprint density at radius 3 is 2.84 bits per heavy atom. The number of nitrogen functional groups attached to an aromatic ring is 1. The normalized spacial score (nSPS) is 10.6. The Labute approximate surface area is 125 Å². The summed E-state index contributed by atoms with van der Waals surface area (Å²) in [5, 5.41) is 4.23. The number of Topliss-reactive ketones (excluding diaryl/α,β-unsaturated/α-hetero) is 1. The Morgan fingerprint density at radius 2 is 2.21 bits per heavy atom. The van der Waals surface area contributed by atoms with Gasteiger partial charge in [0, 0.05) is 17.8 Å². The van der Waals surface area contributed by atoms with Crippen LogP contribution in [0.4, 0.5) is 10.7 Å². The third-order valence-corrected chi connectivity index (χ3v) is 5.08. The predicted molar refractivity (Wildman–Crippen MR) is 84.9 cm³/mol. The number of thiophene rings is 2. The Hall–Kier alpha value is -1.04. The van der Waals surface area contributed by atoms with Gasteiger partial charge in [-0.25, -0.2) is 0 Å². The molecule has 0 fully saturated rings. The molecular weight excluding hydrogens is 300 g/mol. The Balaban J connectivity index is 1.91. The van der Waals surface area contributed by atoms with Crippen LogP contribution in [0.3, 0.4) is 0 Å².